The van der Waals surface area contributed by atoms with Crippen molar-refractivity contribution >= 4 is 26.8 Å². The van der Waals surface area contributed by atoms with Crippen LogP contribution in [0.15, 0.2) is 106 Å². The Morgan fingerprint density at radius 2 is 1.14 bits per heavy atom. The highest BCUT2D eigenvalue weighted by Gasteiger charge is 2.69. The average Bonchev–Trinajstić information content (AvgIpc) is 3.46. The number of benzene rings is 3. The Morgan fingerprint density at radius 1 is 0.730 bits per heavy atom. The molecule has 5 rings (SSSR count). The Balaban J connectivity index is 0.000000173. The highest BCUT2D eigenvalue weighted by molar-refractivity contribution is 7.97. The van der Waals surface area contributed by atoms with Gasteiger partial charge in [0.15, 0.2) is 24.8 Å². The predicted octanol–water partition coefficient (Wildman–Crippen LogP) is 6.16. The normalized spacial score (nSPS) is 21.6. The van der Waals surface area contributed by atoms with Gasteiger partial charge in [-0.15, -0.1) is 0 Å². The van der Waals surface area contributed by atoms with Crippen molar-refractivity contribution in [3.63, 3.8) is 0 Å². The van der Waals surface area contributed by atoms with Gasteiger partial charge in [-0.25, -0.2) is 8.42 Å². The topological polar surface area (TPSA) is 74.3 Å². The lowest BCUT2D eigenvalue weighted by atomic mass is 9.83. The van der Waals surface area contributed by atoms with E-state index in [-0.39, 0.29) is 29.5 Å². The molecule has 0 aliphatic heterocycles. The third-order valence-corrected chi connectivity index (χ3v) is 9.85. The summed E-state index contributed by atoms with van der Waals surface area (Å²) in [5.74, 6) is -8.81. The van der Waals surface area contributed by atoms with Crippen LogP contribution in [0, 0.1) is 17.8 Å². The molecule has 2 bridgehead atoms. The van der Waals surface area contributed by atoms with E-state index in [4.69, 9.17) is 0 Å². The van der Waals surface area contributed by atoms with E-state index >= 15 is 0 Å². The van der Waals surface area contributed by atoms with Crippen molar-refractivity contribution in [2.75, 3.05) is 0 Å². The summed E-state index contributed by atoms with van der Waals surface area (Å²) in [4.78, 5) is 15.2. The maximum atomic E-state index is 13.5. The van der Waals surface area contributed by atoms with Gasteiger partial charge < -0.3 is 4.55 Å². The fraction of sp³-hybridized carbons (Fsp3) is 0.296. The van der Waals surface area contributed by atoms with Gasteiger partial charge in [0.05, 0.1) is 10.9 Å². The second kappa shape index (κ2) is 10.6. The minimum absolute atomic E-state index is 0.0146. The van der Waals surface area contributed by atoms with Crippen LogP contribution in [0.25, 0.3) is 0 Å². The molecule has 3 unspecified atom stereocenters. The van der Waals surface area contributed by atoms with Gasteiger partial charge in [-0.05, 0) is 55.2 Å². The van der Waals surface area contributed by atoms with Gasteiger partial charge in [0.1, 0.15) is 5.78 Å². The fourth-order valence-corrected chi connectivity index (χ4v) is 7.53. The molecule has 0 aromatic heterocycles. The number of rotatable bonds is 6. The van der Waals surface area contributed by atoms with Gasteiger partial charge in [-0.2, -0.15) is 17.6 Å². The summed E-state index contributed by atoms with van der Waals surface area (Å²) in [5, 5.41) is -5.64. The number of Topliss-reactive ketones (excluding diaryl/α,β-unsaturated/α-hetero) is 1. The summed E-state index contributed by atoms with van der Waals surface area (Å²) in [6, 6.07) is 32.2. The third-order valence-electron chi connectivity index (χ3n) is 6.72. The number of carbonyl (C=O) groups is 1. The second-order valence-electron chi connectivity index (χ2n) is 9.04. The second-order valence-corrected chi connectivity index (χ2v) is 12.5. The average molecular weight is 553 g/mol. The highest BCUT2D eigenvalue weighted by atomic mass is 32.2. The molecule has 3 aromatic carbocycles. The van der Waals surface area contributed by atoms with Crippen molar-refractivity contribution in [2.24, 2.45) is 17.8 Å². The van der Waals surface area contributed by atoms with Crippen molar-refractivity contribution in [3.8, 4) is 0 Å². The lowest BCUT2D eigenvalue weighted by molar-refractivity contribution is -0.202. The summed E-state index contributed by atoms with van der Waals surface area (Å²) in [5.41, 5.74) is 0. The van der Waals surface area contributed by atoms with Crippen molar-refractivity contribution in [1.82, 2.24) is 0 Å². The van der Waals surface area contributed by atoms with E-state index in [1.54, 1.807) is 0 Å². The fourth-order valence-electron chi connectivity index (χ4n) is 4.94. The maximum absolute atomic E-state index is 13.5. The Bertz CT molecular complexity index is 1230. The molecule has 0 heterocycles. The smallest absolute Gasteiger partial charge is 0.396 e. The van der Waals surface area contributed by atoms with Gasteiger partial charge in [-0.1, -0.05) is 54.6 Å². The first-order valence-electron chi connectivity index (χ1n) is 11.6. The molecule has 0 spiro atoms. The zero-order chi connectivity index (χ0) is 26.8. The number of ketones is 1. The van der Waals surface area contributed by atoms with Gasteiger partial charge in [0.25, 0.3) is 0 Å². The lowest BCUT2D eigenvalue weighted by Crippen LogP contribution is -2.53. The van der Waals surface area contributed by atoms with E-state index in [0.29, 0.717) is 0 Å². The molecule has 4 nitrogen and oxygen atoms in total. The van der Waals surface area contributed by atoms with Crippen molar-refractivity contribution in [2.45, 2.75) is 45.1 Å². The molecule has 3 aromatic rings. The summed E-state index contributed by atoms with van der Waals surface area (Å²) in [6.07, 6.45) is -0.671. The van der Waals surface area contributed by atoms with Crippen LogP contribution in [-0.4, -0.2) is 29.9 Å². The van der Waals surface area contributed by atoms with Gasteiger partial charge >= 0.3 is 11.2 Å². The third kappa shape index (κ3) is 5.46. The maximum Gasteiger partial charge on any atom is 0.396 e. The van der Waals surface area contributed by atoms with E-state index in [2.05, 4.69) is 91.0 Å². The van der Waals surface area contributed by atoms with Crippen LogP contribution in [0.5, 0.6) is 0 Å². The number of hydrogen-bond donors (Lipinski definition) is 0. The van der Waals surface area contributed by atoms with Crippen molar-refractivity contribution in [1.29, 1.82) is 0 Å². The number of carbonyl (C=O) groups excluding carboxylic acids is 1. The van der Waals surface area contributed by atoms with E-state index in [1.165, 1.54) is 14.7 Å². The predicted molar refractivity (Wildman–Crippen MR) is 130 cm³/mol. The van der Waals surface area contributed by atoms with Crippen molar-refractivity contribution in [3.05, 3.63) is 91.0 Å². The molecule has 2 saturated carbocycles. The quantitative estimate of drug-likeness (QED) is 0.209. The minimum atomic E-state index is -6.45. The Labute approximate surface area is 215 Å². The lowest BCUT2D eigenvalue weighted by Gasteiger charge is -2.35. The molecule has 10 heteroatoms. The summed E-state index contributed by atoms with van der Waals surface area (Å²) >= 11 is 0. The van der Waals surface area contributed by atoms with Gasteiger partial charge in [0, 0.05) is 18.3 Å². The number of halogens is 4. The van der Waals surface area contributed by atoms with Gasteiger partial charge in [0.2, 0.25) is 0 Å². The van der Waals surface area contributed by atoms with E-state index < -0.39 is 45.5 Å². The molecule has 37 heavy (non-hydrogen) atoms. The van der Waals surface area contributed by atoms with Crippen LogP contribution in [0.4, 0.5) is 17.6 Å². The molecule has 2 fully saturated rings. The first-order chi connectivity index (χ1) is 17.4. The molecule has 0 amide bonds. The Kier molecular flexibility index (Phi) is 7.83. The number of fused-ring (bicyclic) bond motifs is 2. The van der Waals surface area contributed by atoms with E-state index in [0.717, 1.165) is 0 Å². The molecule has 2 aliphatic rings. The Hall–Kier alpha value is -2.69. The molecule has 196 valence electrons. The number of hydrogen-bond acceptors (Lipinski definition) is 4. The first kappa shape index (κ1) is 27.3. The standard InChI is InChI=1S/C18H15S.C9H10F4O4S/c1-4-10-16(11-5-1)19(17-12-6-2-7-13-17)18-14-8-3-9-15-18;10-8(11,9(12,13)18(15,16)17)6-2-5-1-4(6)3-7(5)14/h1-15H;4-6H,1-3H2,(H,15,16,17)/q+1;/p-1. The van der Waals surface area contributed by atoms with E-state index in [9.17, 15) is 35.3 Å². The Morgan fingerprint density at radius 3 is 1.43 bits per heavy atom. The largest absolute Gasteiger partial charge is 0.743 e. The van der Waals surface area contributed by atoms with Crippen LogP contribution in [0.2, 0.25) is 0 Å². The monoisotopic (exact) mass is 552 g/mol. The van der Waals surface area contributed by atoms with Crippen LogP contribution < -0.4 is 0 Å². The zero-order valence-electron chi connectivity index (χ0n) is 19.5. The SMILES string of the molecule is O=C1CC2CC1CC2C(F)(F)C(F)(F)S(=O)(=O)[O-].c1ccc([S+](c2ccccc2)c2ccccc2)cc1. The van der Waals surface area contributed by atoms with Crippen molar-refractivity contribution < 1.29 is 35.3 Å². The molecule has 3 atom stereocenters. The number of alkyl halides is 4. The minimum Gasteiger partial charge on any atom is -0.743 e. The molecular weight excluding hydrogens is 528 g/mol. The van der Waals surface area contributed by atoms with E-state index in [1.807, 2.05) is 0 Å². The summed E-state index contributed by atoms with van der Waals surface area (Å²) in [6.45, 7) is 0. The van der Waals surface area contributed by atoms with Crippen LogP contribution in [-0.2, 0) is 25.8 Å². The summed E-state index contributed by atoms with van der Waals surface area (Å²) in [7, 11) is -6.46. The van der Waals surface area contributed by atoms with Gasteiger partial charge in [-0.3, -0.25) is 4.79 Å². The molecule has 2 aliphatic carbocycles. The molecule has 0 radical (unpaired) electrons. The van der Waals surface area contributed by atoms with Crippen LogP contribution in [0.1, 0.15) is 19.3 Å². The first-order valence-corrected chi connectivity index (χ1v) is 14.2. The zero-order valence-corrected chi connectivity index (χ0v) is 21.1. The molecule has 0 N–H and O–H groups in total. The highest BCUT2D eigenvalue weighted by Crippen LogP contribution is 2.57. The van der Waals surface area contributed by atoms with Crippen LogP contribution in [0.3, 0.4) is 0 Å². The molecule has 0 saturated heterocycles. The molecular formula is C27H24F4O4S2. The van der Waals surface area contributed by atoms with Crippen LogP contribution >= 0.6 is 0 Å². The summed E-state index contributed by atoms with van der Waals surface area (Å²) < 4.78 is 84.0.